The van der Waals surface area contributed by atoms with Crippen LogP contribution in [0.15, 0.2) is 34.8 Å². The van der Waals surface area contributed by atoms with Crippen molar-refractivity contribution < 1.29 is 5.11 Å². The van der Waals surface area contributed by atoms with E-state index in [1.165, 1.54) is 11.8 Å². The molecule has 0 bridgehead atoms. The van der Waals surface area contributed by atoms with E-state index in [1.54, 1.807) is 6.08 Å². The zero-order chi connectivity index (χ0) is 10.6. The van der Waals surface area contributed by atoms with Crippen molar-refractivity contribution in [3.63, 3.8) is 0 Å². The summed E-state index contributed by atoms with van der Waals surface area (Å²) in [7, 11) is 0. The zero-order valence-electron chi connectivity index (χ0n) is 7.53. The Kier molecular flexibility index (Phi) is 4.65. The van der Waals surface area contributed by atoms with E-state index in [1.807, 2.05) is 30.5 Å². The Morgan fingerprint density at radius 3 is 2.50 bits per heavy atom. The first-order chi connectivity index (χ1) is 6.63. The summed E-state index contributed by atoms with van der Waals surface area (Å²) in [6.45, 7) is 0. The Morgan fingerprint density at radius 2 is 2.00 bits per heavy atom. The number of halogens is 1. The lowest BCUT2D eigenvalue weighted by Crippen LogP contribution is -1.86. The average molecular weight is 289 g/mol. The van der Waals surface area contributed by atoms with E-state index in [0.717, 1.165) is 10.0 Å². The highest BCUT2D eigenvalue weighted by atomic mass is 79.9. The van der Waals surface area contributed by atoms with Crippen molar-refractivity contribution in [2.45, 2.75) is 0 Å². The lowest BCUT2D eigenvalue weighted by Gasteiger charge is -2.00. The smallest absolute Gasteiger partial charge is 0.124 e. The van der Waals surface area contributed by atoms with Gasteiger partial charge in [0.05, 0.1) is 4.20 Å². The summed E-state index contributed by atoms with van der Waals surface area (Å²) < 4.78 is 1.66. The Bertz CT molecular complexity index is 357. The molecule has 0 aromatic heterocycles. The molecule has 14 heavy (non-hydrogen) atoms. The fourth-order valence-electron chi connectivity index (χ4n) is 0.875. The molecular weight excluding hydrogens is 280 g/mol. The third kappa shape index (κ3) is 3.44. The Morgan fingerprint density at radius 1 is 1.43 bits per heavy atom. The van der Waals surface area contributed by atoms with Gasteiger partial charge in [-0.1, -0.05) is 40.3 Å². The van der Waals surface area contributed by atoms with Gasteiger partial charge in [-0.05, 0) is 18.4 Å². The maximum atomic E-state index is 9.66. The monoisotopic (exact) mass is 288 g/mol. The van der Waals surface area contributed by atoms with Gasteiger partial charge in [0.1, 0.15) is 5.76 Å². The van der Waals surface area contributed by atoms with Gasteiger partial charge >= 0.3 is 0 Å². The molecule has 1 aromatic rings. The maximum absolute atomic E-state index is 9.66. The van der Waals surface area contributed by atoms with Gasteiger partial charge in [-0.15, -0.1) is 11.8 Å². The summed E-state index contributed by atoms with van der Waals surface area (Å²) in [6, 6.07) is 7.42. The summed E-state index contributed by atoms with van der Waals surface area (Å²) in [4.78, 5) is 0. The summed E-state index contributed by atoms with van der Waals surface area (Å²) >= 11 is 9.74. The van der Waals surface area contributed by atoms with Crippen LogP contribution < -0.4 is 0 Å². The number of aliphatic hydroxyl groups is 1. The van der Waals surface area contributed by atoms with Crippen LogP contribution in [-0.2, 0) is 0 Å². The van der Waals surface area contributed by atoms with Crippen molar-refractivity contribution in [2.75, 3.05) is 6.26 Å². The highest BCUT2D eigenvalue weighted by Gasteiger charge is 1.99. The second-order valence-corrected chi connectivity index (χ2v) is 5.02. The maximum Gasteiger partial charge on any atom is 0.124 e. The van der Waals surface area contributed by atoms with Gasteiger partial charge in [0, 0.05) is 16.1 Å². The minimum absolute atomic E-state index is 0.205. The van der Waals surface area contributed by atoms with Crippen molar-refractivity contribution in [3.05, 3.63) is 40.4 Å². The predicted octanol–water partition coefficient (Wildman–Crippen LogP) is 4.04. The number of aliphatic hydroxyl groups excluding tert-OH is 1. The molecular formula is C10H9BrOS2. The van der Waals surface area contributed by atoms with Gasteiger partial charge in [-0.25, -0.2) is 0 Å². The molecule has 0 aliphatic rings. The van der Waals surface area contributed by atoms with Crippen LogP contribution in [0.3, 0.4) is 0 Å². The average Bonchev–Trinajstić information content (AvgIpc) is 2.18. The van der Waals surface area contributed by atoms with Crippen LogP contribution in [0.25, 0.3) is 5.76 Å². The normalized spacial score (nSPS) is 11.4. The van der Waals surface area contributed by atoms with Gasteiger partial charge in [0.2, 0.25) is 0 Å². The highest BCUT2D eigenvalue weighted by Crippen LogP contribution is 2.17. The van der Waals surface area contributed by atoms with E-state index < -0.39 is 0 Å². The molecule has 0 unspecified atom stereocenters. The largest absolute Gasteiger partial charge is 0.507 e. The van der Waals surface area contributed by atoms with Crippen molar-refractivity contribution in [1.82, 2.24) is 0 Å². The molecule has 0 aliphatic heterocycles. The topological polar surface area (TPSA) is 20.2 Å². The first-order valence-corrected chi connectivity index (χ1v) is 6.30. The van der Waals surface area contributed by atoms with Crippen LogP contribution in [0, 0.1) is 0 Å². The molecule has 1 N–H and O–H groups in total. The van der Waals surface area contributed by atoms with Gasteiger partial charge in [-0.3, -0.25) is 0 Å². The molecule has 0 heterocycles. The first kappa shape index (κ1) is 11.8. The SMILES string of the molecule is CSC(=S)/C=C(/O)c1ccc(Br)cc1. The molecule has 0 amide bonds. The summed E-state index contributed by atoms with van der Waals surface area (Å²) in [5, 5.41) is 9.66. The van der Waals surface area contributed by atoms with E-state index in [9.17, 15) is 5.11 Å². The zero-order valence-corrected chi connectivity index (χ0v) is 10.7. The van der Waals surface area contributed by atoms with E-state index >= 15 is 0 Å². The molecule has 1 nitrogen and oxygen atoms in total. The van der Waals surface area contributed by atoms with Crippen molar-refractivity contribution in [3.8, 4) is 0 Å². The molecule has 1 aromatic carbocycles. The van der Waals surface area contributed by atoms with Crippen LogP contribution in [0.2, 0.25) is 0 Å². The van der Waals surface area contributed by atoms with E-state index in [4.69, 9.17) is 12.2 Å². The summed E-state index contributed by atoms with van der Waals surface area (Å²) in [5.41, 5.74) is 0.768. The molecule has 4 heteroatoms. The molecule has 0 aliphatic carbocycles. The molecule has 74 valence electrons. The minimum atomic E-state index is 0.205. The molecule has 0 fully saturated rings. The van der Waals surface area contributed by atoms with Gasteiger partial charge in [0.25, 0.3) is 0 Å². The van der Waals surface area contributed by atoms with Crippen molar-refractivity contribution in [1.29, 1.82) is 0 Å². The number of thiocarbonyl (C=S) groups is 1. The molecule has 0 saturated carbocycles. The van der Waals surface area contributed by atoms with Crippen molar-refractivity contribution in [2.24, 2.45) is 0 Å². The third-order valence-corrected chi connectivity index (χ3v) is 3.26. The van der Waals surface area contributed by atoms with E-state index in [0.29, 0.717) is 4.20 Å². The van der Waals surface area contributed by atoms with Gasteiger partial charge in [-0.2, -0.15) is 0 Å². The van der Waals surface area contributed by atoms with Gasteiger partial charge in [0.15, 0.2) is 0 Å². The van der Waals surface area contributed by atoms with Crippen LogP contribution in [0.5, 0.6) is 0 Å². The summed E-state index contributed by atoms with van der Waals surface area (Å²) in [6.07, 6.45) is 3.47. The number of benzene rings is 1. The van der Waals surface area contributed by atoms with Crippen LogP contribution in [0.1, 0.15) is 5.56 Å². The van der Waals surface area contributed by atoms with Crippen LogP contribution in [-0.4, -0.2) is 15.6 Å². The second kappa shape index (κ2) is 5.53. The lowest BCUT2D eigenvalue weighted by atomic mass is 10.2. The number of hydrogen-bond donors (Lipinski definition) is 1. The summed E-state index contributed by atoms with van der Waals surface area (Å²) in [5.74, 6) is 0.205. The van der Waals surface area contributed by atoms with Gasteiger partial charge < -0.3 is 5.11 Å². The quantitative estimate of drug-likeness (QED) is 0.504. The standard InChI is InChI=1S/C10H9BrOS2/c1-14-10(13)6-9(12)7-2-4-8(11)5-3-7/h2-6,12H,1H3/b9-6+. The predicted molar refractivity (Wildman–Crippen MR) is 70.9 cm³/mol. The van der Waals surface area contributed by atoms with E-state index in [2.05, 4.69) is 15.9 Å². The number of hydrogen-bond acceptors (Lipinski definition) is 3. The van der Waals surface area contributed by atoms with Crippen LogP contribution >= 0.6 is 39.9 Å². The molecule has 0 saturated heterocycles. The molecule has 0 atom stereocenters. The highest BCUT2D eigenvalue weighted by molar-refractivity contribution is 9.10. The lowest BCUT2D eigenvalue weighted by molar-refractivity contribution is 0.512. The molecule has 0 spiro atoms. The van der Waals surface area contributed by atoms with E-state index in [-0.39, 0.29) is 5.76 Å². The molecule has 0 radical (unpaired) electrons. The fraction of sp³-hybridized carbons (Fsp3) is 0.100. The number of thioether (sulfide) groups is 1. The number of rotatable bonds is 2. The fourth-order valence-corrected chi connectivity index (χ4v) is 1.48. The van der Waals surface area contributed by atoms with Crippen LogP contribution in [0.4, 0.5) is 0 Å². The minimum Gasteiger partial charge on any atom is -0.507 e. The Labute approximate surface area is 101 Å². The van der Waals surface area contributed by atoms with Crippen molar-refractivity contribution >= 4 is 49.9 Å². The Balaban J connectivity index is 2.89. The first-order valence-electron chi connectivity index (χ1n) is 3.88. The third-order valence-electron chi connectivity index (χ3n) is 1.60. The molecule has 1 rings (SSSR count). The Hall–Kier alpha value is -0.320. The second-order valence-electron chi connectivity index (χ2n) is 2.56.